The molecule has 2 atom stereocenters. The normalized spacial score (nSPS) is 20.8. The van der Waals surface area contributed by atoms with E-state index < -0.39 is 0 Å². The fourth-order valence-electron chi connectivity index (χ4n) is 3.34. The summed E-state index contributed by atoms with van der Waals surface area (Å²) in [5.41, 5.74) is 11.8. The van der Waals surface area contributed by atoms with Crippen LogP contribution in [0.5, 0.6) is 0 Å². The average Bonchev–Trinajstić information content (AvgIpc) is 2.86. The smallest absolute Gasteiger partial charge is 0.0369 e. The van der Waals surface area contributed by atoms with E-state index in [2.05, 4.69) is 67.4 Å². The van der Waals surface area contributed by atoms with Gasteiger partial charge in [-0.1, -0.05) is 55.5 Å². The van der Waals surface area contributed by atoms with Crippen LogP contribution in [0.1, 0.15) is 47.7 Å². The van der Waals surface area contributed by atoms with Crippen molar-refractivity contribution in [3.8, 4) is 0 Å². The predicted molar refractivity (Wildman–Crippen MR) is 88.0 cm³/mol. The number of hydrogen-bond acceptors (Lipinski definition) is 2. The van der Waals surface area contributed by atoms with Gasteiger partial charge in [-0.25, -0.2) is 0 Å². The molecule has 2 aromatic rings. The van der Waals surface area contributed by atoms with E-state index in [9.17, 15) is 0 Å². The largest absolute Gasteiger partial charge is 0.324 e. The first-order chi connectivity index (χ1) is 10.2. The van der Waals surface area contributed by atoms with E-state index in [1.807, 2.05) is 0 Å². The first-order valence-electron chi connectivity index (χ1n) is 7.81. The van der Waals surface area contributed by atoms with Gasteiger partial charge in [-0.15, -0.1) is 0 Å². The lowest BCUT2D eigenvalue weighted by Gasteiger charge is -2.25. The molecular formula is C19H24N2. The molecule has 0 saturated carbocycles. The Kier molecular flexibility index (Phi) is 4.09. The summed E-state index contributed by atoms with van der Waals surface area (Å²) in [6, 6.07) is 18.2. The zero-order valence-corrected chi connectivity index (χ0v) is 12.9. The van der Waals surface area contributed by atoms with Gasteiger partial charge in [0, 0.05) is 18.6 Å². The standard InChI is InChI=1S/C19H24N2/c1-3-14-8-10-15(11-9-14)13-21(2)19-12-18(20)16-6-4-5-7-17(16)19/h4-11,18-19H,3,12-13,20H2,1-2H3. The van der Waals surface area contributed by atoms with E-state index in [4.69, 9.17) is 5.73 Å². The van der Waals surface area contributed by atoms with Crippen LogP contribution in [0.4, 0.5) is 0 Å². The summed E-state index contributed by atoms with van der Waals surface area (Å²) >= 11 is 0. The fraction of sp³-hybridized carbons (Fsp3) is 0.368. The highest BCUT2D eigenvalue weighted by Gasteiger charge is 2.30. The van der Waals surface area contributed by atoms with Crippen molar-refractivity contribution in [1.29, 1.82) is 0 Å². The molecule has 0 saturated heterocycles. The van der Waals surface area contributed by atoms with Gasteiger partial charge in [0.1, 0.15) is 0 Å². The van der Waals surface area contributed by atoms with Crippen LogP contribution < -0.4 is 5.73 Å². The summed E-state index contributed by atoms with van der Waals surface area (Å²) in [6.45, 7) is 3.16. The van der Waals surface area contributed by atoms with Crippen LogP contribution in [-0.4, -0.2) is 11.9 Å². The van der Waals surface area contributed by atoms with Gasteiger partial charge < -0.3 is 5.73 Å². The fourth-order valence-corrected chi connectivity index (χ4v) is 3.34. The van der Waals surface area contributed by atoms with Crippen molar-refractivity contribution < 1.29 is 0 Å². The van der Waals surface area contributed by atoms with Crippen molar-refractivity contribution in [3.63, 3.8) is 0 Å². The van der Waals surface area contributed by atoms with Crippen molar-refractivity contribution >= 4 is 0 Å². The van der Waals surface area contributed by atoms with Crippen molar-refractivity contribution in [2.45, 2.75) is 38.4 Å². The van der Waals surface area contributed by atoms with E-state index in [1.54, 1.807) is 0 Å². The topological polar surface area (TPSA) is 29.3 Å². The highest BCUT2D eigenvalue weighted by molar-refractivity contribution is 5.37. The molecular weight excluding hydrogens is 256 g/mol. The van der Waals surface area contributed by atoms with Gasteiger partial charge >= 0.3 is 0 Å². The summed E-state index contributed by atoms with van der Waals surface area (Å²) in [5, 5.41) is 0. The molecule has 2 unspecified atom stereocenters. The Balaban J connectivity index is 1.75. The Morgan fingerprint density at radius 2 is 1.62 bits per heavy atom. The van der Waals surface area contributed by atoms with Crippen LogP contribution in [0.15, 0.2) is 48.5 Å². The molecule has 0 heterocycles. The van der Waals surface area contributed by atoms with Crippen molar-refractivity contribution in [3.05, 3.63) is 70.8 Å². The molecule has 0 aromatic heterocycles. The highest BCUT2D eigenvalue weighted by Crippen LogP contribution is 2.40. The first kappa shape index (κ1) is 14.3. The van der Waals surface area contributed by atoms with Gasteiger partial charge in [0.05, 0.1) is 0 Å². The third kappa shape index (κ3) is 2.87. The molecule has 3 rings (SSSR count). The monoisotopic (exact) mass is 280 g/mol. The molecule has 21 heavy (non-hydrogen) atoms. The predicted octanol–water partition coefficient (Wildman–Crippen LogP) is 3.83. The lowest BCUT2D eigenvalue weighted by atomic mass is 10.1. The van der Waals surface area contributed by atoms with Crippen LogP contribution >= 0.6 is 0 Å². The Morgan fingerprint density at radius 3 is 2.29 bits per heavy atom. The molecule has 1 aliphatic rings. The van der Waals surface area contributed by atoms with Crippen LogP contribution in [0.25, 0.3) is 0 Å². The van der Waals surface area contributed by atoms with Gasteiger partial charge in [-0.3, -0.25) is 4.90 Å². The van der Waals surface area contributed by atoms with Crippen LogP contribution in [-0.2, 0) is 13.0 Å². The maximum Gasteiger partial charge on any atom is 0.0369 e. The van der Waals surface area contributed by atoms with E-state index >= 15 is 0 Å². The third-order valence-corrected chi connectivity index (χ3v) is 4.63. The third-order valence-electron chi connectivity index (χ3n) is 4.63. The number of aryl methyl sites for hydroxylation is 1. The number of rotatable bonds is 4. The summed E-state index contributed by atoms with van der Waals surface area (Å²) in [6.07, 6.45) is 2.11. The maximum absolute atomic E-state index is 6.28. The molecule has 0 bridgehead atoms. The highest BCUT2D eigenvalue weighted by atomic mass is 15.1. The zero-order valence-electron chi connectivity index (χ0n) is 12.9. The molecule has 0 aliphatic heterocycles. The lowest BCUT2D eigenvalue weighted by Crippen LogP contribution is -2.23. The SMILES string of the molecule is CCc1ccc(CN(C)C2CC(N)c3ccccc32)cc1. The minimum atomic E-state index is 0.177. The average molecular weight is 280 g/mol. The van der Waals surface area contributed by atoms with Gasteiger partial charge in [-0.05, 0) is 42.1 Å². The minimum absolute atomic E-state index is 0.177. The minimum Gasteiger partial charge on any atom is -0.324 e. The van der Waals surface area contributed by atoms with E-state index in [0.717, 1.165) is 19.4 Å². The molecule has 110 valence electrons. The van der Waals surface area contributed by atoms with Crippen molar-refractivity contribution in [1.82, 2.24) is 4.90 Å². The number of hydrogen-bond donors (Lipinski definition) is 1. The Labute approximate surface area is 127 Å². The molecule has 2 nitrogen and oxygen atoms in total. The molecule has 2 N–H and O–H groups in total. The Bertz CT molecular complexity index is 603. The number of nitrogens with two attached hydrogens (primary N) is 1. The molecule has 0 radical (unpaired) electrons. The maximum atomic E-state index is 6.28. The second-order valence-corrected chi connectivity index (χ2v) is 6.07. The van der Waals surface area contributed by atoms with Gasteiger partial charge in [0.25, 0.3) is 0 Å². The van der Waals surface area contributed by atoms with Gasteiger partial charge in [0.2, 0.25) is 0 Å². The number of nitrogens with zero attached hydrogens (tertiary/aromatic N) is 1. The van der Waals surface area contributed by atoms with E-state index in [-0.39, 0.29) is 6.04 Å². The quantitative estimate of drug-likeness (QED) is 0.922. The molecule has 2 heteroatoms. The first-order valence-corrected chi connectivity index (χ1v) is 7.81. The van der Waals surface area contributed by atoms with E-state index in [1.165, 1.54) is 22.3 Å². The Morgan fingerprint density at radius 1 is 1.00 bits per heavy atom. The van der Waals surface area contributed by atoms with Gasteiger partial charge in [0.15, 0.2) is 0 Å². The van der Waals surface area contributed by atoms with Crippen molar-refractivity contribution in [2.75, 3.05) is 7.05 Å². The lowest BCUT2D eigenvalue weighted by molar-refractivity contribution is 0.229. The second kappa shape index (κ2) is 6.00. The van der Waals surface area contributed by atoms with Gasteiger partial charge in [-0.2, -0.15) is 0 Å². The zero-order chi connectivity index (χ0) is 14.8. The van der Waals surface area contributed by atoms with Crippen LogP contribution in [0.3, 0.4) is 0 Å². The number of benzene rings is 2. The molecule has 0 amide bonds. The Hall–Kier alpha value is -1.64. The summed E-state index contributed by atoms with van der Waals surface area (Å²) in [4.78, 5) is 2.42. The van der Waals surface area contributed by atoms with Crippen molar-refractivity contribution in [2.24, 2.45) is 5.73 Å². The molecule has 2 aromatic carbocycles. The number of fused-ring (bicyclic) bond motifs is 1. The van der Waals surface area contributed by atoms with Crippen LogP contribution in [0.2, 0.25) is 0 Å². The molecule has 0 spiro atoms. The molecule has 1 aliphatic carbocycles. The summed E-state index contributed by atoms with van der Waals surface area (Å²) < 4.78 is 0. The van der Waals surface area contributed by atoms with Crippen LogP contribution in [0, 0.1) is 0 Å². The molecule has 0 fully saturated rings. The van der Waals surface area contributed by atoms with E-state index in [0.29, 0.717) is 6.04 Å². The summed E-state index contributed by atoms with van der Waals surface area (Å²) in [5.74, 6) is 0. The summed E-state index contributed by atoms with van der Waals surface area (Å²) in [7, 11) is 2.20. The second-order valence-electron chi connectivity index (χ2n) is 6.07.